The average Bonchev–Trinajstić information content (AvgIpc) is 3.03. The second-order valence-corrected chi connectivity index (χ2v) is 7.37. The summed E-state index contributed by atoms with van der Waals surface area (Å²) in [4.78, 5) is 39.0. The van der Waals surface area contributed by atoms with Gasteiger partial charge in [0.25, 0.3) is 0 Å². The van der Waals surface area contributed by atoms with Crippen molar-refractivity contribution in [2.75, 3.05) is 6.61 Å². The Morgan fingerprint density at radius 2 is 1.73 bits per heavy atom. The third kappa shape index (κ3) is 3.23. The lowest BCUT2D eigenvalue weighted by molar-refractivity contribution is 0.0530. The van der Waals surface area contributed by atoms with Crippen LogP contribution in [-0.2, 0) is 11.2 Å². The van der Waals surface area contributed by atoms with Crippen molar-refractivity contribution >= 4 is 28.9 Å². The first-order valence-electron chi connectivity index (χ1n) is 9.11. The first-order chi connectivity index (χ1) is 12.6. The second-order valence-electron chi connectivity index (χ2n) is 6.35. The van der Waals surface area contributed by atoms with Crippen LogP contribution in [-0.4, -0.2) is 24.1 Å². The number of carbonyl (C=O) groups excluding carboxylic acids is 3. The molecule has 0 saturated carbocycles. The molecule has 5 heteroatoms. The van der Waals surface area contributed by atoms with Gasteiger partial charge in [0.1, 0.15) is 4.88 Å². The van der Waals surface area contributed by atoms with E-state index in [4.69, 9.17) is 4.74 Å². The number of ether oxygens (including phenoxy) is 1. The zero-order valence-electron chi connectivity index (χ0n) is 15.1. The molecule has 0 N–H and O–H groups in total. The molecule has 136 valence electrons. The van der Waals surface area contributed by atoms with Gasteiger partial charge < -0.3 is 4.74 Å². The molecular weight excluding hydrogens is 348 g/mol. The predicted molar refractivity (Wildman–Crippen MR) is 102 cm³/mol. The summed E-state index contributed by atoms with van der Waals surface area (Å²) in [5, 5.41) is 0. The first kappa shape index (κ1) is 18.5. The van der Waals surface area contributed by atoms with Crippen molar-refractivity contribution in [1.29, 1.82) is 0 Å². The van der Waals surface area contributed by atoms with Crippen LogP contribution in [0.1, 0.15) is 75.5 Å². The fourth-order valence-electron chi connectivity index (χ4n) is 3.34. The van der Waals surface area contributed by atoms with Crippen molar-refractivity contribution < 1.29 is 19.1 Å². The van der Waals surface area contributed by atoms with Crippen LogP contribution in [0.2, 0.25) is 0 Å². The Balaban J connectivity index is 2.11. The summed E-state index contributed by atoms with van der Waals surface area (Å²) >= 11 is 1.27. The van der Waals surface area contributed by atoms with E-state index in [-0.39, 0.29) is 6.61 Å². The summed E-state index contributed by atoms with van der Waals surface area (Å²) in [6.07, 6.45) is 4.74. The standard InChI is InChI=1S/C21H22O4S/c1-3-5-6-7-12-15-16-18(23)17(22)13-10-8-9-11-14(13)19(16)26-20(15)21(24)25-4-2/h8-11H,3-7,12H2,1-2H3. The average molecular weight is 370 g/mol. The second kappa shape index (κ2) is 7.96. The SMILES string of the molecule is CCCCCCc1c(C(=O)OCC)sc2c1C(=O)C(=O)c1ccccc1-2. The van der Waals surface area contributed by atoms with Crippen molar-refractivity contribution in [2.24, 2.45) is 0 Å². The van der Waals surface area contributed by atoms with Crippen LogP contribution in [0, 0.1) is 0 Å². The molecule has 1 aliphatic carbocycles. The van der Waals surface area contributed by atoms with Gasteiger partial charge in [-0.2, -0.15) is 0 Å². The van der Waals surface area contributed by atoms with Gasteiger partial charge in [0, 0.05) is 21.6 Å². The highest BCUT2D eigenvalue weighted by Gasteiger charge is 2.36. The Kier molecular flexibility index (Phi) is 5.67. The van der Waals surface area contributed by atoms with Gasteiger partial charge in [0.2, 0.25) is 11.6 Å². The maximum absolute atomic E-state index is 12.8. The van der Waals surface area contributed by atoms with E-state index in [0.717, 1.165) is 36.1 Å². The third-order valence-corrected chi connectivity index (χ3v) is 5.84. The highest BCUT2D eigenvalue weighted by molar-refractivity contribution is 7.18. The number of benzene rings is 1. The van der Waals surface area contributed by atoms with E-state index >= 15 is 0 Å². The summed E-state index contributed by atoms with van der Waals surface area (Å²) in [5.74, 6) is -1.40. The maximum atomic E-state index is 12.8. The lowest BCUT2D eigenvalue weighted by Gasteiger charge is -2.15. The minimum Gasteiger partial charge on any atom is -0.462 e. The van der Waals surface area contributed by atoms with Gasteiger partial charge in [-0.15, -0.1) is 11.3 Å². The summed E-state index contributed by atoms with van der Waals surface area (Å²) in [5.41, 5.74) is 2.26. The van der Waals surface area contributed by atoms with Crippen LogP contribution in [0.5, 0.6) is 0 Å². The van der Waals surface area contributed by atoms with Crippen molar-refractivity contribution in [1.82, 2.24) is 0 Å². The quantitative estimate of drug-likeness (QED) is 0.387. The molecule has 0 spiro atoms. The minimum atomic E-state index is -0.504. The normalized spacial score (nSPS) is 12.7. The van der Waals surface area contributed by atoms with E-state index < -0.39 is 17.5 Å². The molecule has 0 radical (unpaired) electrons. The van der Waals surface area contributed by atoms with E-state index in [2.05, 4.69) is 6.92 Å². The van der Waals surface area contributed by atoms with E-state index in [9.17, 15) is 14.4 Å². The zero-order chi connectivity index (χ0) is 18.7. The maximum Gasteiger partial charge on any atom is 0.348 e. The number of thiophene rings is 1. The topological polar surface area (TPSA) is 60.4 Å². The molecule has 1 heterocycles. The predicted octanol–water partition coefficient (Wildman–Crippen LogP) is 5.09. The summed E-state index contributed by atoms with van der Waals surface area (Å²) < 4.78 is 5.20. The van der Waals surface area contributed by atoms with Crippen molar-refractivity contribution in [3.05, 3.63) is 45.8 Å². The van der Waals surface area contributed by atoms with Gasteiger partial charge in [0.15, 0.2) is 0 Å². The molecular formula is C21H22O4S. The zero-order valence-corrected chi connectivity index (χ0v) is 15.9. The number of hydrogen-bond donors (Lipinski definition) is 0. The monoisotopic (exact) mass is 370 g/mol. The lowest BCUT2D eigenvalue weighted by Crippen LogP contribution is -2.21. The van der Waals surface area contributed by atoms with E-state index in [1.165, 1.54) is 11.3 Å². The summed E-state index contributed by atoms with van der Waals surface area (Å²) in [6, 6.07) is 7.10. The van der Waals surface area contributed by atoms with Crippen LogP contribution in [0.25, 0.3) is 10.4 Å². The van der Waals surface area contributed by atoms with Crippen molar-refractivity contribution in [3.8, 4) is 10.4 Å². The number of esters is 1. The van der Waals surface area contributed by atoms with Crippen LogP contribution in [0.15, 0.2) is 24.3 Å². The van der Waals surface area contributed by atoms with E-state index in [1.54, 1.807) is 19.1 Å². The Morgan fingerprint density at radius 3 is 2.42 bits per heavy atom. The minimum absolute atomic E-state index is 0.278. The largest absolute Gasteiger partial charge is 0.462 e. The molecule has 0 aliphatic heterocycles. The van der Waals surface area contributed by atoms with Crippen LogP contribution in [0.3, 0.4) is 0 Å². The molecule has 0 unspecified atom stereocenters. The van der Waals surface area contributed by atoms with E-state index in [0.29, 0.717) is 28.0 Å². The highest BCUT2D eigenvalue weighted by Crippen LogP contribution is 2.43. The molecule has 4 nitrogen and oxygen atoms in total. The molecule has 0 bridgehead atoms. The Labute approximate surface area is 157 Å². The molecule has 2 aromatic rings. The fourth-order valence-corrected chi connectivity index (χ4v) is 4.62. The Bertz CT molecular complexity index is 863. The number of ketones is 2. The smallest absolute Gasteiger partial charge is 0.348 e. The van der Waals surface area contributed by atoms with Crippen LogP contribution < -0.4 is 0 Å². The number of unbranched alkanes of at least 4 members (excludes halogenated alkanes) is 3. The number of fused-ring (bicyclic) bond motifs is 3. The van der Waals surface area contributed by atoms with Crippen LogP contribution >= 0.6 is 11.3 Å². The number of hydrogen-bond acceptors (Lipinski definition) is 5. The van der Waals surface area contributed by atoms with Crippen molar-refractivity contribution in [3.63, 3.8) is 0 Å². The van der Waals surface area contributed by atoms with Gasteiger partial charge >= 0.3 is 5.97 Å². The van der Waals surface area contributed by atoms with Gasteiger partial charge in [-0.3, -0.25) is 9.59 Å². The molecule has 3 rings (SSSR count). The van der Waals surface area contributed by atoms with Gasteiger partial charge in [0.05, 0.1) is 6.61 Å². The molecule has 0 fully saturated rings. The van der Waals surface area contributed by atoms with Crippen LogP contribution in [0.4, 0.5) is 0 Å². The Morgan fingerprint density at radius 1 is 1.00 bits per heavy atom. The molecule has 1 aromatic carbocycles. The number of rotatable bonds is 7. The molecule has 0 saturated heterocycles. The van der Waals surface area contributed by atoms with E-state index in [1.807, 2.05) is 12.1 Å². The molecule has 0 amide bonds. The summed E-state index contributed by atoms with van der Waals surface area (Å²) in [7, 11) is 0. The summed E-state index contributed by atoms with van der Waals surface area (Å²) in [6.45, 7) is 4.17. The molecule has 0 atom stereocenters. The third-order valence-electron chi connectivity index (χ3n) is 4.60. The first-order valence-corrected chi connectivity index (χ1v) is 9.93. The molecule has 1 aliphatic rings. The lowest BCUT2D eigenvalue weighted by atomic mass is 9.86. The van der Waals surface area contributed by atoms with Gasteiger partial charge in [-0.25, -0.2) is 4.79 Å². The number of Topliss-reactive ketones (excluding diaryl/α,β-unsaturated/α-hetero) is 2. The molecule has 26 heavy (non-hydrogen) atoms. The molecule has 1 aromatic heterocycles. The van der Waals surface area contributed by atoms with Gasteiger partial charge in [-0.1, -0.05) is 50.5 Å². The Hall–Kier alpha value is -2.27. The van der Waals surface area contributed by atoms with Crippen molar-refractivity contribution in [2.45, 2.75) is 46.0 Å². The van der Waals surface area contributed by atoms with Gasteiger partial charge in [-0.05, 0) is 25.3 Å². The highest BCUT2D eigenvalue weighted by atomic mass is 32.1. The number of carbonyl (C=O) groups is 3. The fraction of sp³-hybridized carbons (Fsp3) is 0.381.